The third-order valence-corrected chi connectivity index (χ3v) is 3.42. The zero-order valence-corrected chi connectivity index (χ0v) is 13.2. The van der Waals surface area contributed by atoms with E-state index in [4.69, 9.17) is 15.7 Å². The highest BCUT2D eigenvalue weighted by Gasteiger charge is 2.03. The van der Waals surface area contributed by atoms with Gasteiger partial charge in [-0.25, -0.2) is 0 Å². The van der Waals surface area contributed by atoms with Gasteiger partial charge in [0.2, 0.25) is 0 Å². The summed E-state index contributed by atoms with van der Waals surface area (Å²) in [5.74, 6) is -0.0317. The normalized spacial score (nSPS) is 10.8. The number of rotatable bonds is 5. The van der Waals surface area contributed by atoms with Crippen molar-refractivity contribution in [1.82, 2.24) is 0 Å². The SMILES string of the molecule is N#C/C(=C\c1ccc(OCc2ccc(Br)cc2)cc1)C(N)=O. The number of nitrogens with two attached hydrogens (primary N) is 1. The molecule has 0 saturated carbocycles. The summed E-state index contributed by atoms with van der Waals surface area (Å²) in [6.45, 7) is 0.465. The van der Waals surface area contributed by atoms with Gasteiger partial charge in [0.25, 0.3) is 5.91 Å². The Hall–Kier alpha value is -2.58. The molecule has 0 atom stereocenters. The number of hydrogen-bond donors (Lipinski definition) is 1. The maximum absolute atomic E-state index is 11.0. The first-order valence-corrected chi connectivity index (χ1v) is 7.26. The van der Waals surface area contributed by atoms with Crippen molar-refractivity contribution in [3.8, 4) is 11.8 Å². The molecule has 0 aliphatic carbocycles. The molecule has 2 N–H and O–H groups in total. The van der Waals surface area contributed by atoms with Crippen molar-refractivity contribution in [2.45, 2.75) is 6.61 Å². The molecule has 0 bridgehead atoms. The van der Waals surface area contributed by atoms with E-state index in [0.717, 1.165) is 10.0 Å². The van der Waals surface area contributed by atoms with Crippen LogP contribution in [0, 0.1) is 11.3 Å². The van der Waals surface area contributed by atoms with E-state index >= 15 is 0 Å². The number of nitriles is 1. The topological polar surface area (TPSA) is 76.1 Å². The maximum atomic E-state index is 11.0. The highest BCUT2D eigenvalue weighted by atomic mass is 79.9. The van der Waals surface area contributed by atoms with Crippen molar-refractivity contribution >= 4 is 27.9 Å². The van der Waals surface area contributed by atoms with Crippen molar-refractivity contribution in [3.63, 3.8) is 0 Å². The predicted octanol–water partition coefficient (Wildman–Crippen LogP) is 3.42. The second-order valence-corrected chi connectivity index (χ2v) is 5.43. The van der Waals surface area contributed by atoms with Crippen molar-refractivity contribution < 1.29 is 9.53 Å². The number of carbonyl (C=O) groups is 1. The van der Waals surface area contributed by atoms with Gasteiger partial charge in [-0.2, -0.15) is 5.26 Å². The number of ether oxygens (including phenoxy) is 1. The van der Waals surface area contributed by atoms with Gasteiger partial charge in [-0.05, 0) is 41.5 Å². The van der Waals surface area contributed by atoms with E-state index in [2.05, 4.69) is 15.9 Å². The Balaban J connectivity index is 2.02. The van der Waals surface area contributed by atoms with E-state index in [9.17, 15) is 4.79 Å². The molecule has 0 aromatic heterocycles. The van der Waals surface area contributed by atoms with Gasteiger partial charge in [-0.1, -0.05) is 40.2 Å². The summed E-state index contributed by atoms with van der Waals surface area (Å²) < 4.78 is 6.70. The molecular weight excluding hydrogens is 344 g/mol. The fourth-order valence-corrected chi connectivity index (χ4v) is 2.00. The summed E-state index contributed by atoms with van der Waals surface area (Å²) >= 11 is 3.38. The summed E-state index contributed by atoms with van der Waals surface area (Å²) in [4.78, 5) is 11.0. The van der Waals surface area contributed by atoms with Crippen LogP contribution in [0.25, 0.3) is 6.08 Å². The fourth-order valence-electron chi connectivity index (χ4n) is 1.73. The summed E-state index contributed by atoms with van der Waals surface area (Å²) in [6, 6.07) is 16.7. The lowest BCUT2D eigenvalue weighted by Crippen LogP contribution is -2.12. The van der Waals surface area contributed by atoms with Gasteiger partial charge in [0.1, 0.15) is 24.0 Å². The van der Waals surface area contributed by atoms with E-state index < -0.39 is 5.91 Å². The standard InChI is InChI=1S/C17H13BrN2O2/c18-15-5-1-13(2-6-15)11-22-16-7-3-12(4-8-16)9-14(10-19)17(20)21/h1-9H,11H2,(H2,20,21)/b14-9+. The highest BCUT2D eigenvalue weighted by Crippen LogP contribution is 2.17. The largest absolute Gasteiger partial charge is 0.489 e. The number of primary amides is 1. The van der Waals surface area contributed by atoms with Gasteiger partial charge in [0.15, 0.2) is 0 Å². The lowest BCUT2D eigenvalue weighted by Gasteiger charge is -2.06. The Bertz CT molecular complexity index is 729. The van der Waals surface area contributed by atoms with Crippen LogP contribution in [0.4, 0.5) is 0 Å². The molecule has 0 aliphatic rings. The molecule has 2 aromatic carbocycles. The molecule has 1 amide bonds. The van der Waals surface area contributed by atoms with Crippen LogP contribution in [-0.4, -0.2) is 5.91 Å². The summed E-state index contributed by atoms with van der Waals surface area (Å²) in [6.07, 6.45) is 1.45. The number of carbonyl (C=O) groups excluding carboxylic acids is 1. The molecule has 0 fully saturated rings. The third-order valence-electron chi connectivity index (χ3n) is 2.90. The first kappa shape index (κ1) is 15.8. The molecule has 110 valence electrons. The molecule has 2 aromatic rings. The lowest BCUT2D eigenvalue weighted by atomic mass is 10.1. The molecule has 0 heterocycles. The average Bonchev–Trinajstić information content (AvgIpc) is 2.53. The van der Waals surface area contributed by atoms with Crippen LogP contribution < -0.4 is 10.5 Å². The monoisotopic (exact) mass is 356 g/mol. The Morgan fingerprint density at radius 1 is 1.18 bits per heavy atom. The van der Waals surface area contributed by atoms with Gasteiger partial charge in [-0.3, -0.25) is 4.79 Å². The summed E-state index contributed by atoms with van der Waals surface area (Å²) in [7, 11) is 0. The van der Waals surface area contributed by atoms with Crippen LogP contribution in [0.5, 0.6) is 5.75 Å². The minimum atomic E-state index is -0.738. The summed E-state index contributed by atoms with van der Waals surface area (Å²) in [5, 5.41) is 8.79. The maximum Gasteiger partial charge on any atom is 0.259 e. The molecule has 0 radical (unpaired) electrons. The second-order valence-electron chi connectivity index (χ2n) is 4.52. The van der Waals surface area contributed by atoms with Crippen LogP contribution in [0.3, 0.4) is 0 Å². The molecule has 5 heteroatoms. The van der Waals surface area contributed by atoms with E-state index in [1.807, 2.05) is 24.3 Å². The smallest absolute Gasteiger partial charge is 0.259 e. The van der Waals surface area contributed by atoms with Crippen molar-refractivity contribution in [2.75, 3.05) is 0 Å². The molecule has 4 nitrogen and oxygen atoms in total. The van der Waals surface area contributed by atoms with E-state index in [1.54, 1.807) is 30.3 Å². The van der Waals surface area contributed by atoms with Crippen LogP contribution in [-0.2, 0) is 11.4 Å². The van der Waals surface area contributed by atoms with Crippen LogP contribution >= 0.6 is 15.9 Å². The first-order valence-electron chi connectivity index (χ1n) is 6.47. The highest BCUT2D eigenvalue weighted by molar-refractivity contribution is 9.10. The van der Waals surface area contributed by atoms with Crippen LogP contribution in [0.2, 0.25) is 0 Å². The van der Waals surface area contributed by atoms with Gasteiger partial charge >= 0.3 is 0 Å². The molecule has 0 spiro atoms. The zero-order valence-electron chi connectivity index (χ0n) is 11.6. The Morgan fingerprint density at radius 2 is 1.82 bits per heavy atom. The average molecular weight is 357 g/mol. The minimum absolute atomic E-state index is 0.0801. The number of nitrogens with zero attached hydrogens (tertiary/aromatic N) is 1. The second kappa shape index (κ2) is 7.43. The van der Waals surface area contributed by atoms with Gasteiger partial charge in [-0.15, -0.1) is 0 Å². The Labute approximate surface area is 136 Å². The van der Waals surface area contributed by atoms with E-state index in [1.165, 1.54) is 6.08 Å². The molecule has 0 saturated heterocycles. The Kier molecular flexibility index (Phi) is 5.34. The molecule has 2 rings (SSSR count). The number of halogens is 1. The van der Waals surface area contributed by atoms with Gasteiger partial charge < -0.3 is 10.5 Å². The van der Waals surface area contributed by atoms with Gasteiger partial charge in [0, 0.05) is 4.47 Å². The van der Waals surface area contributed by atoms with E-state index in [0.29, 0.717) is 17.9 Å². The predicted molar refractivity (Wildman–Crippen MR) is 87.7 cm³/mol. The van der Waals surface area contributed by atoms with Gasteiger partial charge in [0.05, 0.1) is 0 Å². The first-order chi connectivity index (χ1) is 10.6. The summed E-state index contributed by atoms with van der Waals surface area (Å²) in [5.41, 5.74) is 6.79. The van der Waals surface area contributed by atoms with Crippen molar-refractivity contribution in [1.29, 1.82) is 5.26 Å². The molecule has 0 unspecified atom stereocenters. The van der Waals surface area contributed by atoms with Crippen LogP contribution in [0.1, 0.15) is 11.1 Å². The van der Waals surface area contributed by atoms with Crippen molar-refractivity contribution in [3.05, 3.63) is 69.7 Å². The third kappa shape index (κ3) is 4.47. The Morgan fingerprint density at radius 3 is 2.36 bits per heavy atom. The van der Waals surface area contributed by atoms with E-state index in [-0.39, 0.29) is 5.57 Å². The van der Waals surface area contributed by atoms with Crippen LogP contribution in [0.15, 0.2) is 58.6 Å². The molecular formula is C17H13BrN2O2. The number of benzene rings is 2. The lowest BCUT2D eigenvalue weighted by molar-refractivity contribution is -0.114. The fraction of sp³-hybridized carbons (Fsp3) is 0.0588. The zero-order chi connectivity index (χ0) is 15.9. The number of hydrogen-bond acceptors (Lipinski definition) is 3. The number of amides is 1. The quantitative estimate of drug-likeness (QED) is 0.658. The minimum Gasteiger partial charge on any atom is -0.489 e. The molecule has 0 aliphatic heterocycles. The van der Waals surface area contributed by atoms with Crippen molar-refractivity contribution in [2.24, 2.45) is 5.73 Å². The molecule has 22 heavy (non-hydrogen) atoms.